The number of hydrogen-bond donors (Lipinski definition) is 0. The number of fused-ring (bicyclic) bond motifs is 1. The molecule has 7 nitrogen and oxygen atoms in total. The molecule has 0 saturated carbocycles. The summed E-state index contributed by atoms with van der Waals surface area (Å²) in [5.74, 6) is -1.92. The molecule has 0 spiro atoms. The highest BCUT2D eigenvalue weighted by Crippen LogP contribution is 2.47. The van der Waals surface area contributed by atoms with E-state index in [0.29, 0.717) is 0 Å². The standard InChI is InChI=1S/C21H15Cl2F6NO6S/c22-12-6-11(7-13(23)8-12)19(10-30(32)33,20(24,25)26)9-17(31)15-4-5-18(16-3-1-2-14(15)16)36-37(34,35)21(27,28)29/h4-8H,1-3,9-10H2. The molecule has 0 heterocycles. The Kier molecular flexibility index (Phi) is 7.79. The normalized spacial score (nSPS) is 15.7. The Morgan fingerprint density at radius 1 is 1.00 bits per heavy atom. The van der Waals surface area contributed by atoms with E-state index < -0.39 is 62.2 Å². The molecule has 0 aliphatic heterocycles. The Bertz CT molecular complexity index is 1340. The van der Waals surface area contributed by atoms with Crippen LogP contribution < -0.4 is 4.18 Å². The Morgan fingerprint density at radius 3 is 2.08 bits per heavy atom. The maximum absolute atomic E-state index is 14.5. The SMILES string of the molecule is O=C(CC(C[N+](=O)[O-])(c1cc(Cl)cc(Cl)c1)C(F)(F)F)c1ccc(OS(=O)(=O)C(F)(F)F)c2c1CCC2. The number of ketones is 1. The van der Waals surface area contributed by atoms with E-state index in [1.54, 1.807) is 0 Å². The van der Waals surface area contributed by atoms with Crippen LogP contribution in [0.5, 0.6) is 5.75 Å². The number of nitro groups is 1. The molecular weight excluding hydrogens is 579 g/mol. The van der Waals surface area contributed by atoms with Gasteiger partial charge >= 0.3 is 21.8 Å². The van der Waals surface area contributed by atoms with Crippen molar-refractivity contribution in [2.75, 3.05) is 6.54 Å². The summed E-state index contributed by atoms with van der Waals surface area (Å²) in [4.78, 5) is 23.3. The average molecular weight is 594 g/mol. The van der Waals surface area contributed by atoms with Crippen molar-refractivity contribution >= 4 is 39.1 Å². The van der Waals surface area contributed by atoms with Crippen LogP contribution in [0.2, 0.25) is 10.0 Å². The van der Waals surface area contributed by atoms with Gasteiger partial charge in [0.15, 0.2) is 11.2 Å². The molecular formula is C21H15Cl2F6NO6S. The molecule has 0 radical (unpaired) electrons. The van der Waals surface area contributed by atoms with Gasteiger partial charge in [0.2, 0.25) is 6.54 Å². The zero-order valence-corrected chi connectivity index (χ0v) is 20.6. The van der Waals surface area contributed by atoms with Crippen molar-refractivity contribution < 1.29 is 48.7 Å². The second-order valence-electron chi connectivity index (χ2n) is 8.23. The number of alkyl halides is 6. The van der Waals surface area contributed by atoms with E-state index in [2.05, 4.69) is 4.18 Å². The molecule has 0 saturated heterocycles. The largest absolute Gasteiger partial charge is 0.534 e. The molecule has 0 aromatic heterocycles. The van der Waals surface area contributed by atoms with Crippen molar-refractivity contribution in [3.63, 3.8) is 0 Å². The highest BCUT2D eigenvalue weighted by Gasteiger charge is 2.61. The summed E-state index contributed by atoms with van der Waals surface area (Å²) < 4.78 is 109. The fraction of sp³-hybridized carbons (Fsp3) is 0.381. The van der Waals surface area contributed by atoms with Crippen LogP contribution in [0.3, 0.4) is 0 Å². The van der Waals surface area contributed by atoms with Crippen LogP contribution in [-0.4, -0.2) is 37.4 Å². The molecule has 0 bridgehead atoms. The number of carbonyl (C=O) groups is 1. The lowest BCUT2D eigenvalue weighted by Gasteiger charge is -2.32. The first-order chi connectivity index (χ1) is 16.9. The van der Waals surface area contributed by atoms with Crippen LogP contribution in [0.15, 0.2) is 30.3 Å². The molecule has 2 aromatic rings. The predicted molar refractivity (Wildman–Crippen MR) is 119 cm³/mol. The van der Waals surface area contributed by atoms with E-state index in [1.165, 1.54) is 0 Å². The van der Waals surface area contributed by atoms with Gasteiger partial charge in [-0.3, -0.25) is 14.9 Å². The van der Waals surface area contributed by atoms with E-state index in [0.717, 1.165) is 30.3 Å². The Morgan fingerprint density at radius 2 is 1.57 bits per heavy atom. The highest BCUT2D eigenvalue weighted by atomic mass is 35.5. The average Bonchev–Trinajstić information content (AvgIpc) is 3.20. The van der Waals surface area contributed by atoms with Crippen LogP contribution in [-0.2, 0) is 28.4 Å². The summed E-state index contributed by atoms with van der Waals surface area (Å²) in [6, 6.07) is 4.29. The third-order valence-electron chi connectivity index (χ3n) is 5.84. The number of hydrogen-bond acceptors (Lipinski definition) is 6. The lowest BCUT2D eigenvalue weighted by Crippen LogP contribution is -2.49. The van der Waals surface area contributed by atoms with Gasteiger partial charge in [0.05, 0.1) is 0 Å². The van der Waals surface area contributed by atoms with Crippen LogP contribution in [0.4, 0.5) is 26.3 Å². The Labute approximate surface area is 215 Å². The second-order valence-corrected chi connectivity index (χ2v) is 10.6. The van der Waals surface area contributed by atoms with Gasteiger partial charge < -0.3 is 4.18 Å². The van der Waals surface area contributed by atoms with Crippen LogP contribution in [0, 0.1) is 10.1 Å². The van der Waals surface area contributed by atoms with E-state index in [1.807, 2.05) is 0 Å². The fourth-order valence-electron chi connectivity index (χ4n) is 4.20. The summed E-state index contributed by atoms with van der Waals surface area (Å²) >= 11 is 11.7. The maximum Gasteiger partial charge on any atom is 0.534 e. The molecule has 2 aromatic carbocycles. The van der Waals surface area contributed by atoms with E-state index in [4.69, 9.17) is 23.2 Å². The molecule has 0 N–H and O–H groups in total. The monoisotopic (exact) mass is 593 g/mol. The lowest BCUT2D eigenvalue weighted by molar-refractivity contribution is -0.501. The van der Waals surface area contributed by atoms with E-state index in [9.17, 15) is 49.7 Å². The van der Waals surface area contributed by atoms with Gasteiger partial charge in [0, 0.05) is 27.0 Å². The topological polar surface area (TPSA) is 104 Å². The third kappa shape index (κ3) is 5.80. The quantitative estimate of drug-likeness (QED) is 0.0920. The molecule has 1 aliphatic carbocycles. The van der Waals surface area contributed by atoms with Gasteiger partial charge in [-0.05, 0) is 66.3 Å². The highest BCUT2D eigenvalue weighted by molar-refractivity contribution is 7.88. The maximum atomic E-state index is 14.5. The number of halogens is 8. The molecule has 3 rings (SSSR count). The van der Waals surface area contributed by atoms with Crippen LogP contribution >= 0.6 is 23.2 Å². The minimum atomic E-state index is -6.04. The Balaban J connectivity index is 2.11. The van der Waals surface area contributed by atoms with Crippen molar-refractivity contribution in [1.29, 1.82) is 0 Å². The first-order valence-corrected chi connectivity index (χ1v) is 12.4. The van der Waals surface area contributed by atoms with E-state index >= 15 is 0 Å². The number of nitrogens with zero attached hydrogens (tertiary/aromatic N) is 1. The first kappa shape index (κ1) is 29.0. The molecule has 1 aliphatic rings. The molecule has 0 amide bonds. The Hall–Kier alpha value is -2.58. The van der Waals surface area contributed by atoms with Gasteiger partial charge in [0.1, 0.15) is 5.75 Å². The van der Waals surface area contributed by atoms with Crippen molar-refractivity contribution in [3.8, 4) is 5.75 Å². The molecule has 16 heteroatoms. The number of Topliss-reactive ketones (excluding diaryl/α,β-unsaturated/α-hetero) is 1. The molecule has 0 fully saturated rings. The van der Waals surface area contributed by atoms with Crippen molar-refractivity contribution in [3.05, 3.63) is 72.7 Å². The van der Waals surface area contributed by atoms with Crippen LogP contribution in [0.1, 0.15) is 39.9 Å². The van der Waals surface area contributed by atoms with Gasteiger partial charge in [-0.15, -0.1) is 0 Å². The van der Waals surface area contributed by atoms with Gasteiger partial charge in [-0.1, -0.05) is 23.2 Å². The van der Waals surface area contributed by atoms with Crippen LogP contribution in [0.25, 0.3) is 0 Å². The smallest absolute Gasteiger partial charge is 0.376 e. The molecule has 1 atom stereocenters. The summed E-state index contributed by atoms with van der Waals surface area (Å²) in [6.45, 7) is -1.74. The van der Waals surface area contributed by atoms with E-state index in [-0.39, 0.29) is 46.0 Å². The molecule has 202 valence electrons. The zero-order valence-electron chi connectivity index (χ0n) is 18.3. The van der Waals surface area contributed by atoms with Crippen molar-refractivity contribution in [2.45, 2.75) is 42.8 Å². The molecule has 1 unspecified atom stereocenters. The first-order valence-electron chi connectivity index (χ1n) is 10.2. The summed E-state index contributed by atoms with van der Waals surface area (Å²) in [6.07, 6.45) is -6.54. The fourth-order valence-corrected chi connectivity index (χ4v) is 5.21. The molecule has 37 heavy (non-hydrogen) atoms. The minimum Gasteiger partial charge on any atom is -0.376 e. The third-order valence-corrected chi connectivity index (χ3v) is 7.25. The number of carbonyl (C=O) groups excluding carboxylic acids is 1. The minimum absolute atomic E-state index is 0.00109. The number of benzene rings is 2. The lowest BCUT2D eigenvalue weighted by atomic mass is 9.74. The summed E-state index contributed by atoms with van der Waals surface area (Å²) in [5, 5.41) is 10.8. The van der Waals surface area contributed by atoms with Gasteiger partial charge in [-0.25, -0.2) is 0 Å². The summed E-state index contributed by atoms with van der Waals surface area (Å²) in [5.41, 5.74) is -10.3. The zero-order chi connectivity index (χ0) is 28.0. The van der Waals surface area contributed by atoms with Gasteiger partial charge in [0.25, 0.3) is 0 Å². The number of rotatable bonds is 8. The second kappa shape index (κ2) is 9.95. The van der Waals surface area contributed by atoms with Gasteiger partial charge in [-0.2, -0.15) is 34.8 Å². The van der Waals surface area contributed by atoms with Crippen molar-refractivity contribution in [1.82, 2.24) is 0 Å². The van der Waals surface area contributed by atoms with Crippen molar-refractivity contribution in [2.24, 2.45) is 0 Å². The predicted octanol–water partition coefficient (Wildman–Crippen LogP) is 6.06. The summed E-state index contributed by atoms with van der Waals surface area (Å²) in [7, 11) is -6.04.